The molecule has 1 amide bonds. The van der Waals surface area contributed by atoms with Crippen LogP contribution >= 0.6 is 23.1 Å². The molecule has 0 aliphatic carbocycles. The largest absolute Gasteiger partial charge is 0.480 e. The second-order valence-corrected chi connectivity index (χ2v) is 7.28. The van der Waals surface area contributed by atoms with Crippen LogP contribution in [0, 0.1) is 0 Å². The van der Waals surface area contributed by atoms with Crippen LogP contribution in [-0.4, -0.2) is 40.2 Å². The number of thioether (sulfide) groups is 1. The van der Waals surface area contributed by atoms with Crippen molar-refractivity contribution in [3.8, 4) is 0 Å². The van der Waals surface area contributed by atoms with Crippen molar-refractivity contribution in [1.29, 1.82) is 0 Å². The first-order valence-electron chi connectivity index (χ1n) is 6.04. The summed E-state index contributed by atoms with van der Waals surface area (Å²) in [6.07, 6.45) is 0.994. The number of amides is 1. The standard InChI is InChI=1S/C13H17NO3S2/c1-13(2,12(16)17)14(3)11(15)10-8-4-6-18-9(8)5-7-19-10/h4,6,10H,5,7H2,1-3H3,(H,16,17). The van der Waals surface area contributed by atoms with Gasteiger partial charge in [0.25, 0.3) is 0 Å². The number of aliphatic carboxylic acids is 1. The van der Waals surface area contributed by atoms with Crippen LogP contribution in [0.15, 0.2) is 11.4 Å². The van der Waals surface area contributed by atoms with E-state index in [4.69, 9.17) is 0 Å². The van der Waals surface area contributed by atoms with Crippen LogP contribution in [0.3, 0.4) is 0 Å². The van der Waals surface area contributed by atoms with Crippen molar-refractivity contribution in [2.75, 3.05) is 12.8 Å². The maximum Gasteiger partial charge on any atom is 0.329 e. The Morgan fingerprint density at radius 1 is 1.47 bits per heavy atom. The normalized spacial score (nSPS) is 18.8. The molecule has 104 valence electrons. The number of carboxylic acid groups (broad SMARTS) is 1. The van der Waals surface area contributed by atoms with E-state index >= 15 is 0 Å². The predicted molar refractivity (Wildman–Crippen MR) is 77.7 cm³/mol. The second-order valence-electron chi connectivity index (χ2n) is 5.06. The molecule has 1 aromatic rings. The Bertz CT molecular complexity index is 510. The number of carbonyl (C=O) groups is 2. The summed E-state index contributed by atoms with van der Waals surface area (Å²) in [6, 6.07) is 1.98. The van der Waals surface area contributed by atoms with Crippen molar-refractivity contribution in [1.82, 2.24) is 4.90 Å². The summed E-state index contributed by atoms with van der Waals surface area (Å²) < 4.78 is 0. The van der Waals surface area contributed by atoms with Gasteiger partial charge in [-0.1, -0.05) is 0 Å². The van der Waals surface area contributed by atoms with Gasteiger partial charge in [-0.2, -0.15) is 0 Å². The highest BCUT2D eigenvalue weighted by molar-refractivity contribution is 8.00. The summed E-state index contributed by atoms with van der Waals surface area (Å²) in [7, 11) is 1.57. The Morgan fingerprint density at radius 2 is 2.16 bits per heavy atom. The number of nitrogens with zero attached hydrogens (tertiary/aromatic N) is 1. The maximum absolute atomic E-state index is 12.6. The third-order valence-electron chi connectivity index (χ3n) is 3.59. The quantitative estimate of drug-likeness (QED) is 0.931. The van der Waals surface area contributed by atoms with Crippen molar-refractivity contribution in [2.24, 2.45) is 0 Å². The molecule has 0 aromatic carbocycles. The van der Waals surface area contributed by atoms with E-state index in [1.165, 1.54) is 9.78 Å². The lowest BCUT2D eigenvalue weighted by atomic mass is 10.0. The van der Waals surface area contributed by atoms with Gasteiger partial charge in [0.05, 0.1) is 0 Å². The zero-order chi connectivity index (χ0) is 14.2. The molecule has 6 heteroatoms. The van der Waals surface area contributed by atoms with E-state index in [0.29, 0.717) is 0 Å². The fraction of sp³-hybridized carbons (Fsp3) is 0.538. The first-order chi connectivity index (χ1) is 8.85. The Morgan fingerprint density at radius 3 is 2.79 bits per heavy atom. The van der Waals surface area contributed by atoms with Gasteiger partial charge in [0.1, 0.15) is 10.8 Å². The second kappa shape index (κ2) is 5.17. The van der Waals surface area contributed by atoms with E-state index in [0.717, 1.165) is 17.7 Å². The maximum atomic E-state index is 12.6. The molecule has 0 bridgehead atoms. The average molecular weight is 299 g/mol. The Hall–Kier alpha value is -1.01. The molecule has 1 aromatic heterocycles. The highest BCUT2D eigenvalue weighted by Gasteiger charge is 2.39. The highest BCUT2D eigenvalue weighted by Crippen LogP contribution is 2.41. The molecule has 0 saturated carbocycles. The van der Waals surface area contributed by atoms with Crippen LogP contribution in [0.4, 0.5) is 0 Å². The van der Waals surface area contributed by atoms with Gasteiger partial charge in [0.15, 0.2) is 0 Å². The molecule has 4 nitrogen and oxygen atoms in total. The summed E-state index contributed by atoms with van der Waals surface area (Å²) in [4.78, 5) is 26.4. The first kappa shape index (κ1) is 14.4. The Kier molecular flexibility index (Phi) is 3.92. The molecule has 1 unspecified atom stereocenters. The fourth-order valence-electron chi connectivity index (χ4n) is 1.95. The van der Waals surface area contributed by atoms with E-state index < -0.39 is 11.5 Å². The molecule has 1 N–H and O–H groups in total. The van der Waals surface area contributed by atoms with Crippen LogP contribution in [0.5, 0.6) is 0 Å². The number of thiophene rings is 1. The Balaban J connectivity index is 2.25. The van der Waals surface area contributed by atoms with Crippen molar-refractivity contribution in [2.45, 2.75) is 31.1 Å². The number of likely N-dealkylation sites (N-methyl/N-ethyl adjacent to an activating group) is 1. The molecule has 0 saturated heterocycles. The topological polar surface area (TPSA) is 57.6 Å². The van der Waals surface area contributed by atoms with Crippen LogP contribution < -0.4 is 0 Å². The minimum absolute atomic E-state index is 0.128. The van der Waals surface area contributed by atoms with Gasteiger partial charge in [-0.3, -0.25) is 4.79 Å². The third kappa shape index (κ3) is 2.51. The molecule has 1 aliphatic heterocycles. The number of carbonyl (C=O) groups excluding carboxylic acids is 1. The van der Waals surface area contributed by atoms with Crippen molar-refractivity contribution in [3.05, 3.63) is 21.9 Å². The van der Waals surface area contributed by atoms with Crippen molar-refractivity contribution < 1.29 is 14.7 Å². The summed E-state index contributed by atoms with van der Waals surface area (Å²) in [6.45, 7) is 3.10. The molecule has 1 atom stereocenters. The van der Waals surface area contributed by atoms with Gasteiger partial charge in [0, 0.05) is 11.9 Å². The average Bonchev–Trinajstić information content (AvgIpc) is 2.84. The number of carboxylic acids is 1. The van der Waals surface area contributed by atoms with Gasteiger partial charge in [-0.25, -0.2) is 4.79 Å². The molecular formula is C13H17NO3S2. The molecule has 2 heterocycles. The summed E-state index contributed by atoms with van der Waals surface area (Å²) in [5.74, 6) is -0.211. The van der Waals surface area contributed by atoms with Gasteiger partial charge >= 0.3 is 5.97 Å². The molecule has 19 heavy (non-hydrogen) atoms. The van der Waals surface area contributed by atoms with Crippen LogP contribution in [0.25, 0.3) is 0 Å². The number of fused-ring (bicyclic) bond motifs is 1. The summed E-state index contributed by atoms with van der Waals surface area (Å²) in [5.41, 5.74) is -0.134. The van der Waals surface area contributed by atoms with Crippen molar-refractivity contribution in [3.63, 3.8) is 0 Å². The van der Waals surface area contributed by atoms with Crippen LogP contribution in [0.2, 0.25) is 0 Å². The number of hydrogen-bond acceptors (Lipinski definition) is 4. The fourth-order valence-corrected chi connectivity index (χ4v) is 4.33. The number of rotatable bonds is 3. The van der Waals surface area contributed by atoms with Crippen LogP contribution in [-0.2, 0) is 16.0 Å². The van der Waals surface area contributed by atoms with Gasteiger partial charge in [0.2, 0.25) is 5.91 Å². The monoisotopic (exact) mass is 299 g/mol. The molecule has 1 aliphatic rings. The van der Waals surface area contributed by atoms with E-state index in [1.807, 2.05) is 11.4 Å². The minimum Gasteiger partial charge on any atom is -0.480 e. The lowest BCUT2D eigenvalue weighted by Crippen LogP contribution is -2.52. The van der Waals surface area contributed by atoms with Crippen molar-refractivity contribution >= 4 is 35.0 Å². The first-order valence-corrected chi connectivity index (χ1v) is 7.97. The molecule has 0 radical (unpaired) electrons. The summed E-state index contributed by atoms with van der Waals surface area (Å²) in [5, 5.41) is 10.9. The lowest BCUT2D eigenvalue weighted by Gasteiger charge is -2.35. The summed E-state index contributed by atoms with van der Waals surface area (Å²) >= 11 is 3.27. The molecule has 0 fully saturated rings. The van der Waals surface area contributed by atoms with Gasteiger partial charge < -0.3 is 10.0 Å². The lowest BCUT2D eigenvalue weighted by molar-refractivity contribution is -0.155. The zero-order valence-corrected chi connectivity index (χ0v) is 12.8. The molecule has 0 spiro atoms. The predicted octanol–water partition coefficient (Wildman–Crippen LogP) is 2.40. The minimum atomic E-state index is -1.19. The smallest absolute Gasteiger partial charge is 0.329 e. The van der Waals surface area contributed by atoms with Gasteiger partial charge in [-0.05, 0) is 43.0 Å². The molecular weight excluding hydrogens is 282 g/mol. The zero-order valence-electron chi connectivity index (χ0n) is 11.2. The van der Waals surface area contributed by atoms with Gasteiger partial charge in [-0.15, -0.1) is 23.1 Å². The number of aryl methyl sites for hydroxylation is 1. The van der Waals surface area contributed by atoms with E-state index in [2.05, 4.69) is 0 Å². The molecule has 2 rings (SSSR count). The van der Waals surface area contributed by atoms with E-state index in [-0.39, 0.29) is 11.2 Å². The van der Waals surface area contributed by atoms with Crippen LogP contribution in [0.1, 0.15) is 29.5 Å². The number of hydrogen-bond donors (Lipinski definition) is 1. The SMILES string of the molecule is CN(C(=O)C1SCCc2sccc21)C(C)(C)C(=O)O. The Labute approximate surface area is 120 Å². The van der Waals surface area contributed by atoms with E-state index in [1.54, 1.807) is 44.0 Å². The highest BCUT2D eigenvalue weighted by atomic mass is 32.2. The third-order valence-corrected chi connectivity index (χ3v) is 5.82. The van der Waals surface area contributed by atoms with E-state index in [9.17, 15) is 14.7 Å².